The van der Waals surface area contributed by atoms with Crippen LogP contribution in [0.15, 0.2) is 18.3 Å². The highest BCUT2D eigenvalue weighted by atomic mass is 16.4. The molecule has 2 N–H and O–H groups in total. The minimum absolute atomic E-state index is 0.116. The number of hydrogen-bond acceptors (Lipinski definition) is 3. The van der Waals surface area contributed by atoms with Gasteiger partial charge in [0.15, 0.2) is 5.69 Å². The molecule has 1 aromatic heterocycles. The van der Waals surface area contributed by atoms with Crippen molar-refractivity contribution in [1.82, 2.24) is 4.98 Å². The molecule has 1 aliphatic carbocycles. The van der Waals surface area contributed by atoms with Gasteiger partial charge in [-0.1, -0.05) is 19.8 Å². The molecule has 2 atom stereocenters. The molecule has 1 aliphatic rings. The average molecular weight is 234 g/mol. The lowest BCUT2D eigenvalue weighted by molar-refractivity contribution is 0.0691. The smallest absolute Gasteiger partial charge is 0.356 e. The van der Waals surface area contributed by atoms with Gasteiger partial charge in [0.1, 0.15) is 0 Å². The third-order valence-electron chi connectivity index (χ3n) is 3.46. The van der Waals surface area contributed by atoms with Crippen LogP contribution in [0.3, 0.4) is 0 Å². The molecule has 2 unspecified atom stereocenters. The Morgan fingerprint density at radius 3 is 2.94 bits per heavy atom. The summed E-state index contributed by atoms with van der Waals surface area (Å²) in [4.78, 5) is 14.9. The molecule has 92 valence electrons. The second-order valence-electron chi connectivity index (χ2n) is 4.72. The first-order chi connectivity index (χ1) is 8.18. The summed E-state index contributed by atoms with van der Waals surface area (Å²) in [7, 11) is 0. The van der Waals surface area contributed by atoms with Crippen molar-refractivity contribution in [3.05, 3.63) is 24.0 Å². The zero-order chi connectivity index (χ0) is 12.3. The first kappa shape index (κ1) is 11.9. The highest BCUT2D eigenvalue weighted by molar-refractivity contribution is 5.91. The van der Waals surface area contributed by atoms with Gasteiger partial charge in [0, 0.05) is 12.2 Å². The van der Waals surface area contributed by atoms with Crippen molar-refractivity contribution < 1.29 is 9.90 Å². The van der Waals surface area contributed by atoms with Gasteiger partial charge in [-0.05, 0) is 30.9 Å². The molecule has 17 heavy (non-hydrogen) atoms. The Hall–Kier alpha value is -1.58. The Labute approximate surface area is 101 Å². The van der Waals surface area contributed by atoms with Gasteiger partial charge < -0.3 is 10.4 Å². The summed E-state index contributed by atoms with van der Waals surface area (Å²) in [5.41, 5.74) is 0.754. The maximum Gasteiger partial charge on any atom is 0.356 e. The highest BCUT2D eigenvalue weighted by Crippen LogP contribution is 2.27. The predicted octanol–water partition coefficient (Wildman–Crippen LogP) is 2.77. The summed E-state index contributed by atoms with van der Waals surface area (Å²) < 4.78 is 0. The number of rotatable bonds is 3. The summed E-state index contributed by atoms with van der Waals surface area (Å²) in [6.45, 7) is 2.22. The van der Waals surface area contributed by atoms with Crippen molar-refractivity contribution in [2.24, 2.45) is 5.92 Å². The number of aromatic nitrogens is 1. The molecular formula is C13H18N2O2. The molecule has 0 spiro atoms. The Kier molecular flexibility index (Phi) is 3.61. The monoisotopic (exact) mass is 234 g/mol. The fourth-order valence-electron chi connectivity index (χ4n) is 2.42. The van der Waals surface area contributed by atoms with Crippen LogP contribution in [-0.2, 0) is 0 Å². The van der Waals surface area contributed by atoms with E-state index in [1.165, 1.54) is 25.5 Å². The Bertz CT molecular complexity index is 406. The van der Waals surface area contributed by atoms with Crippen LogP contribution >= 0.6 is 0 Å². The van der Waals surface area contributed by atoms with Gasteiger partial charge in [-0.3, -0.25) is 0 Å². The van der Waals surface area contributed by atoms with E-state index in [2.05, 4.69) is 17.2 Å². The van der Waals surface area contributed by atoms with E-state index < -0.39 is 5.97 Å². The van der Waals surface area contributed by atoms with Crippen LogP contribution in [0.1, 0.15) is 43.1 Å². The van der Waals surface area contributed by atoms with Crippen LogP contribution < -0.4 is 5.32 Å². The van der Waals surface area contributed by atoms with E-state index in [0.29, 0.717) is 17.6 Å². The lowest BCUT2D eigenvalue weighted by Crippen LogP contribution is -2.31. The number of pyridine rings is 1. The van der Waals surface area contributed by atoms with E-state index in [-0.39, 0.29) is 5.69 Å². The number of nitrogens with one attached hydrogen (secondary N) is 1. The summed E-state index contributed by atoms with van der Waals surface area (Å²) in [5, 5.41) is 12.4. The predicted molar refractivity (Wildman–Crippen MR) is 66.2 cm³/mol. The normalized spacial score (nSPS) is 24.3. The average Bonchev–Trinajstić information content (AvgIpc) is 2.32. The summed E-state index contributed by atoms with van der Waals surface area (Å²) in [6.07, 6.45) is 6.32. The first-order valence-electron chi connectivity index (χ1n) is 6.13. The van der Waals surface area contributed by atoms with Gasteiger partial charge in [0.05, 0.1) is 5.69 Å². The number of hydrogen-bond donors (Lipinski definition) is 2. The molecule has 4 nitrogen and oxygen atoms in total. The third kappa shape index (κ3) is 2.75. The molecule has 0 aliphatic heterocycles. The van der Waals surface area contributed by atoms with E-state index in [1.807, 2.05) is 0 Å². The number of anilines is 1. The highest BCUT2D eigenvalue weighted by Gasteiger charge is 2.22. The third-order valence-corrected chi connectivity index (χ3v) is 3.46. The molecule has 0 saturated heterocycles. The van der Waals surface area contributed by atoms with Crippen LogP contribution in [-0.4, -0.2) is 22.1 Å². The largest absolute Gasteiger partial charge is 0.476 e. The molecule has 0 aromatic carbocycles. The number of carboxylic acid groups (broad SMARTS) is 1. The number of nitrogens with zero attached hydrogens (tertiary/aromatic N) is 1. The summed E-state index contributed by atoms with van der Waals surface area (Å²) >= 11 is 0. The second-order valence-corrected chi connectivity index (χ2v) is 4.72. The van der Waals surface area contributed by atoms with Crippen molar-refractivity contribution >= 4 is 11.7 Å². The van der Waals surface area contributed by atoms with Crippen molar-refractivity contribution in [1.29, 1.82) is 0 Å². The molecule has 0 radical (unpaired) electrons. The van der Waals surface area contributed by atoms with E-state index in [0.717, 1.165) is 6.42 Å². The quantitative estimate of drug-likeness (QED) is 0.844. The molecule has 1 saturated carbocycles. The number of carbonyl (C=O) groups is 1. The lowest BCUT2D eigenvalue weighted by Gasteiger charge is -2.30. The minimum atomic E-state index is -0.975. The van der Waals surface area contributed by atoms with Gasteiger partial charge in [0.25, 0.3) is 0 Å². The molecule has 2 rings (SSSR count). The van der Waals surface area contributed by atoms with Crippen molar-refractivity contribution in [2.75, 3.05) is 5.32 Å². The minimum Gasteiger partial charge on any atom is -0.476 e. The van der Waals surface area contributed by atoms with Crippen LogP contribution in [0.2, 0.25) is 0 Å². The number of aromatic carboxylic acids is 1. The molecule has 1 heterocycles. The van der Waals surface area contributed by atoms with Gasteiger partial charge in [0.2, 0.25) is 0 Å². The molecule has 4 heteroatoms. The van der Waals surface area contributed by atoms with Crippen molar-refractivity contribution in [3.8, 4) is 0 Å². The zero-order valence-electron chi connectivity index (χ0n) is 10.0. The van der Waals surface area contributed by atoms with Crippen LogP contribution in [0.25, 0.3) is 0 Å². The zero-order valence-corrected chi connectivity index (χ0v) is 10.0. The lowest BCUT2D eigenvalue weighted by atomic mass is 9.86. The van der Waals surface area contributed by atoms with Gasteiger partial charge >= 0.3 is 5.97 Å². The molecule has 0 amide bonds. The van der Waals surface area contributed by atoms with Gasteiger partial charge in [-0.25, -0.2) is 9.78 Å². The van der Waals surface area contributed by atoms with Crippen molar-refractivity contribution in [2.45, 2.75) is 38.6 Å². The van der Waals surface area contributed by atoms with E-state index in [4.69, 9.17) is 5.11 Å². The first-order valence-corrected chi connectivity index (χ1v) is 6.13. The molecule has 1 fully saturated rings. The summed E-state index contributed by atoms with van der Waals surface area (Å²) in [6, 6.07) is 3.92. The molecule has 1 aromatic rings. The fourth-order valence-corrected chi connectivity index (χ4v) is 2.42. The van der Waals surface area contributed by atoms with E-state index in [9.17, 15) is 4.79 Å². The SMILES string of the molecule is CC1CCCCC1Nc1cccnc1C(=O)O. The van der Waals surface area contributed by atoms with Crippen LogP contribution in [0, 0.1) is 5.92 Å². The van der Waals surface area contributed by atoms with Gasteiger partial charge in [-0.2, -0.15) is 0 Å². The summed E-state index contributed by atoms with van der Waals surface area (Å²) in [5.74, 6) is -0.387. The Balaban J connectivity index is 2.14. The van der Waals surface area contributed by atoms with Crippen LogP contribution in [0.5, 0.6) is 0 Å². The van der Waals surface area contributed by atoms with E-state index >= 15 is 0 Å². The standard InChI is InChI=1S/C13H18N2O2/c1-9-5-2-3-6-10(9)15-11-7-4-8-14-12(11)13(16)17/h4,7-10,15H,2-3,5-6H2,1H3,(H,16,17). The Morgan fingerprint density at radius 1 is 1.47 bits per heavy atom. The maximum absolute atomic E-state index is 11.0. The van der Waals surface area contributed by atoms with Gasteiger partial charge in [-0.15, -0.1) is 0 Å². The topological polar surface area (TPSA) is 62.2 Å². The van der Waals surface area contributed by atoms with Crippen molar-refractivity contribution in [3.63, 3.8) is 0 Å². The molecular weight excluding hydrogens is 216 g/mol. The fraction of sp³-hybridized carbons (Fsp3) is 0.538. The Morgan fingerprint density at radius 2 is 2.24 bits per heavy atom. The number of carboxylic acids is 1. The molecule has 0 bridgehead atoms. The maximum atomic E-state index is 11.0. The second kappa shape index (κ2) is 5.17. The van der Waals surface area contributed by atoms with Crippen LogP contribution in [0.4, 0.5) is 5.69 Å². The van der Waals surface area contributed by atoms with E-state index in [1.54, 1.807) is 12.1 Å².